The Bertz CT molecular complexity index is 1150. The number of ether oxygens (including phenoxy) is 1. The number of aromatic nitrogens is 2. The predicted octanol–water partition coefficient (Wildman–Crippen LogP) is 5.56. The molecule has 0 unspecified atom stereocenters. The van der Waals surface area contributed by atoms with E-state index >= 15 is 0 Å². The Morgan fingerprint density at radius 3 is 2.32 bits per heavy atom. The summed E-state index contributed by atoms with van der Waals surface area (Å²) in [6.45, 7) is -0.0924. The minimum absolute atomic E-state index is 0.0924. The Hall–Kier alpha value is -3.90. The van der Waals surface area contributed by atoms with Gasteiger partial charge in [0.15, 0.2) is 6.61 Å². The second-order valence-electron chi connectivity index (χ2n) is 6.65. The van der Waals surface area contributed by atoms with Crippen molar-refractivity contribution in [3.63, 3.8) is 0 Å². The van der Waals surface area contributed by atoms with Crippen LogP contribution in [0.25, 0.3) is 11.3 Å². The van der Waals surface area contributed by atoms with Crippen molar-refractivity contribution in [1.82, 2.24) is 9.97 Å². The Balaban J connectivity index is 1.33. The maximum Gasteiger partial charge on any atom is 0.262 e. The zero-order valence-electron chi connectivity index (χ0n) is 16.5. The van der Waals surface area contributed by atoms with E-state index < -0.39 is 0 Å². The molecule has 6 nitrogen and oxygen atoms in total. The molecular formula is C24H19ClN4O2. The van der Waals surface area contributed by atoms with Gasteiger partial charge in [-0.1, -0.05) is 41.9 Å². The fraction of sp³-hybridized carbons (Fsp3) is 0.0417. The van der Waals surface area contributed by atoms with E-state index in [4.69, 9.17) is 16.3 Å². The van der Waals surface area contributed by atoms with Gasteiger partial charge in [-0.2, -0.15) is 0 Å². The first-order valence-corrected chi connectivity index (χ1v) is 9.96. The zero-order chi connectivity index (χ0) is 21.5. The van der Waals surface area contributed by atoms with E-state index in [1.165, 1.54) is 6.33 Å². The molecule has 0 fully saturated rings. The van der Waals surface area contributed by atoms with Crippen molar-refractivity contribution in [3.8, 4) is 17.0 Å². The van der Waals surface area contributed by atoms with Gasteiger partial charge in [0.25, 0.3) is 5.91 Å². The SMILES string of the molecule is O=C(COc1ccc(Cl)cc1)Nc1ccc(Nc2cc(-c3ccccc3)ncn2)cc1. The first kappa shape index (κ1) is 20.4. The number of carbonyl (C=O) groups excluding carboxylic acids is 1. The highest BCUT2D eigenvalue weighted by molar-refractivity contribution is 6.30. The molecule has 0 saturated heterocycles. The average molecular weight is 431 g/mol. The smallest absolute Gasteiger partial charge is 0.262 e. The number of anilines is 3. The van der Waals surface area contributed by atoms with E-state index in [1.807, 2.05) is 60.7 Å². The molecule has 1 aromatic heterocycles. The molecule has 0 saturated carbocycles. The molecule has 0 spiro atoms. The first-order chi connectivity index (χ1) is 15.2. The third-order valence-corrected chi connectivity index (χ3v) is 4.61. The van der Waals surface area contributed by atoms with Crippen LogP contribution in [-0.4, -0.2) is 22.5 Å². The number of amides is 1. The van der Waals surface area contributed by atoms with Crippen LogP contribution < -0.4 is 15.4 Å². The number of rotatable bonds is 7. The fourth-order valence-electron chi connectivity index (χ4n) is 2.85. The highest BCUT2D eigenvalue weighted by Crippen LogP contribution is 2.22. The van der Waals surface area contributed by atoms with Crippen LogP contribution in [0, 0.1) is 0 Å². The summed E-state index contributed by atoms with van der Waals surface area (Å²) in [4.78, 5) is 20.7. The maximum absolute atomic E-state index is 12.1. The van der Waals surface area contributed by atoms with E-state index in [0.717, 1.165) is 16.9 Å². The van der Waals surface area contributed by atoms with Gasteiger partial charge in [-0.25, -0.2) is 9.97 Å². The number of nitrogens with zero attached hydrogens (tertiary/aromatic N) is 2. The molecule has 0 aliphatic carbocycles. The minimum atomic E-state index is -0.251. The molecule has 31 heavy (non-hydrogen) atoms. The number of nitrogens with one attached hydrogen (secondary N) is 2. The van der Waals surface area contributed by atoms with Gasteiger partial charge in [0.2, 0.25) is 0 Å². The number of carbonyl (C=O) groups is 1. The zero-order valence-corrected chi connectivity index (χ0v) is 17.2. The molecule has 4 aromatic rings. The van der Waals surface area contributed by atoms with Gasteiger partial charge in [0.1, 0.15) is 17.9 Å². The van der Waals surface area contributed by atoms with E-state index in [2.05, 4.69) is 20.6 Å². The summed E-state index contributed by atoms with van der Waals surface area (Å²) < 4.78 is 5.45. The molecule has 0 radical (unpaired) electrons. The molecule has 4 rings (SSSR count). The minimum Gasteiger partial charge on any atom is -0.484 e. The summed E-state index contributed by atoms with van der Waals surface area (Å²) in [6.07, 6.45) is 1.53. The van der Waals surface area contributed by atoms with Crippen molar-refractivity contribution in [3.05, 3.63) is 96.3 Å². The largest absolute Gasteiger partial charge is 0.484 e. The Labute approximate surface area is 184 Å². The van der Waals surface area contributed by atoms with Crippen LogP contribution in [0.2, 0.25) is 5.02 Å². The molecule has 1 amide bonds. The summed E-state index contributed by atoms with van der Waals surface area (Å²) in [5.74, 6) is 1.01. The summed E-state index contributed by atoms with van der Waals surface area (Å²) in [6, 6.07) is 26.0. The van der Waals surface area contributed by atoms with Crippen molar-refractivity contribution in [2.75, 3.05) is 17.2 Å². The van der Waals surface area contributed by atoms with Crippen LogP contribution in [0.15, 0.2) is 91.3 Å². The lowest BCUT2D eigenvalue weighted by Crippen LogP contribution is -2.20. The third kappa shape index (κ3) is 5.81. The van der Waals surface area contributed by atoms with Crippen LogP contribution in [0.3, 0.4) is 0 Å². The molecule has 7 heteroatoms. The second kappa shape index (κ2) is 9.73. The molecule has 3 aromatic carbocycles. The van der Waals surface area contributed by atoms with Crippen molar-refractivity contribution in [2.24, 2.45) is 0 Å². The van der Waals surface area contributed by atoms with Gasteiger partial charge in [-0.3, -0.25) is 4.79 Å². The van der Waals surface area contributed by atoms with Gasteiger partial charge in [-0.15, -0.1) is 0 Å². The topological polar surface area (TPSA) is 76.1 Å². The van der Waals surface area contributed by atoms with Crippen LogP contribution in [-0.2, 0) is 4.79 Å². The number of benzene rings is 3. The van der Waals surface area contributed by atoms with Crippen LogP contribution >= 0.6 is 11.6 Å². The van der Waals surface area contributed by atoms with Gasteiger partial charge in [0, 0.05) is 28.0 Å². The average Bonchev–Trinajstić information content (AvgIpc) is 2.81. The number of hydrogen-bond donors (Lipinski definition) is 2. The molecule has 2 N–H and O–H groups in total. The van der Waals surface area contributed by atoms with Crippen molar-refractivity contribution >= 4 is 34.7 Å². The molecule has 0 aliphatic heterocycles. The molecule has 0 aliphatic rings. The molecule has 0 bridgehead atoms. The molecule has 0 atom stereocenters. The number of halogens is 1. The van der Waals surface area contributed by atoms with Crippen molar-refractivity contribution < 1.29 is 9.53 Å². The first-order valence-electron chi connectivity index (χ1n) is 9.58. The summed E-state index contributed by atoms with van der Waals surface area (Å²) in [5.41, 5.74) is 3.37. The van der Waals surface area contributed by atoms with Gasteiger partial charge >= 0.3 is 0 Å². The standard InChI is InChI=1S/C24H19ClN4O2/c25-18-6-12-21(13-7-18)31-15-24(30)29-20-10-8-19(9-11-20)28-23-14-22(26-16-27-23)17-4-2-1-3-5-17/h1-14,16H,15H2,(H,29,30)(H,26,27,28). The molecular weight excluding hydrogens is 412 g/mol. The van der Waals surface area contributed by atoms with Gasteiger partial charge in [0.05, 0.1) is 5.69 Å². The Morgan fingerprint density at radius 2 is 1.58 bits per heavy atom. The van der Waals surface area contributed by atoms with E-state index in [9.17, 15) is 4.79 Å². The summed E-state index contributed by atoms with van der Waals surface area (Å²) in [5, 5.41) is 6.66. The Morgan fingerprint density at radius 1 is 0.871 bits per heavy atom. The highest BCUT2D eigenvalue weighted by Gasteiger charge is 2.05. The maximum atomic E-state index is 12.1. The van der Waals surface area contributed by atoms with Gasteiger partial charge in [-0.05, 0) is 48.5 Å². The lowest BCUT2D eigenvalue weighted by atomic mass is 10.1. The van der Waals surface area contributed by atoms with Crippen molar-refractivity contribution in [1.29, 1.82) is 0 Å². The van der Waals surface area contributed by atoms with Crippen LogP contribution in [0.4, 0.5) is 17.2 Å². The second-order valence-corrected chi connectivity index (χ2v) is 7.08. The number of hydrogen-bond acceptors (Lipinski definition) is 5. The molecule has 1 heterocycles. The normalized spacial score (nSPS) is 10.4. The fourth-order valence-corrected chi connectivity index (χ4v) is 2.98. The Kier molecular flexibility index (Phi) is 6.40. The lowest BCUT2D eigenvalue weighted by Gasteiger charge is -2.10. The van der Waals surface area contributed by atoms with Gasteiger partial charge < -0.3 is 15.4 Å². The van der Waals surface area contributed by atoms with Crippen LogP contribution in [0.1, 0.15) is 0 Å². The lowest BCUT2D eigenvalue weighted by molar-refractivity contribution is -0.118. The summed E-state index contributed by atoms with van der Waals surface area (Å²) in [7, 11) is 0. The molecule has 154 valence electrons. The predicted molar refractivity (Wildman–Crippen MR) is 123 cm³/mol. The van der Waals surface area contributed by atoms with Crippen LogP contribution in [0.5, 0.6) is 5.75 Å². The quantitative estimate of drug-likeness (QED) is 0.401. The highest BCUT2D eigenvalue weighted by atomic mass is 35.5. The third-order valence-electron chi connectivity index (χ3n) is 4.36. The monoisotopic (exact) mass is 430 g/mol. The van der Waals surface area contributed by atoms with E-state index in [0.29, 0.717) is 22.3 Å². The van der Waals surface area contributed by atoms with E-state index in [-0.39, 0.29) is 12.5 Å². The van der Waals surface area contributed by atoms with Crippen molar-refractivity contribution in [2.45, 2.75) is 0 Å². The van der Waals surface area contributed by atoms with E-state index in [1.54, 1.807) is 24.3 Å². The summed E-state index contributed by atoms with van der Waals surface area (Å²) >= 11 is 5.83.